The number of carbonyl (C=O) groups excluding carboxylic acids is 1. The Labute approximate surface area is 139 Å². The molecule has 2 rings (SSSR count). The van der Waals surface area contributed by atoms with Crippen LogP contribution in [0.15, 0.2) is 12.1 Å². The van der Waals surface area contributed by atoms with Gasteiger partial charge in [-0.2, -0.15) is 0 Å². The van der Waals surface area contributed by atoms with Gasteiger partial charge in [0.15, 0.2) is 0 Å². The largest absolute Gasteiger partial charge is 0.328 e. The lowest BCUT2D eigenvalue weighted by atomic mass is 9.99. The number of piperidine rings is 1. The number of benzene rings is 1. The number of nitrogens with two attached hydrogens (primary N) is 1. The highest BCUT2D eigenvalue weighted by Gasteiger charge is 2.24. The van der Waals surface area contributed by atoms with Crippen LogP contribution < -0.4 is 11.1 Å². The Morgan fingerprint density at radius 3 is 2.67 bits per heavy atom. The molecule has 0 aliphatic carbocycles. The first kappa shape index (κ1) is 16.8. The first-order chi connectivity index (χ1) is 9.86. The fourth-order valence-electron chi connectivity index (χ4n) is 2.48. The molecular formula is C14H18Cl3N3O. The van der Waals surface area contributed by atoms with E-state index >= 15 is 0 Å². The second-order valence-electron chi connectivity index (χ2n) is 5.40. The molecule has 21 heavy (non-hydrogen) atoms. The van der Waals surface area contributed by atoms with E-state index in [1.165, 1.54) is 6.07 Å². The van der Waals surface area contributed by atoms with Crippen molar-refractivity contribution >= 4 is 46.4 Å². The summed E-state index contributed by atoms with van der Waals surface area (Å²) in [6.07, 6.45) is 1.81. The highest BCUT2D eigenvalue weighted by molar-refractivity contribution is 6.44. The number of halogens is 3. The number of anilines is 1. The Hall–Kier alpha value is -0.520. The lowest BCUT2D eigenvalue weighted by Crippen LogP contribution is -2.48. The average Bonchev–Trinajstić information content (AvgIpc) is 2.39. The molecule has 0 bridgehead atoms. The van der Waals surface area contributed by atoms with Crippen molar-refractivity contribution in [3.8, 4) is 0 Å². The molecule has 0 radical (unpaired) electrons. The quantitative estimate of drug-likeness (QED) is 0.821. The summed E-state index contributed by atoms with van der Waals surface area (Å²) in [6, 6.07) is 3.59. The van der Waals surface area contributed by atoms with E-state index < -0.39 is 0 Å². The first-order valence-corrected chi connectivity index (χ1v) is 7.94. The topological polar surface area (TPSA) is 58.4 Å². The van der Waals surface area contributed by atoms with Crippen LogP contribution in [0.1, 0.15) is 19.8 Å². The maximum atomic E-state index is 12.1. The zero-order chi connectivity index (χ0) is 15.6. The molecule has 7 heteroatoms. The first-order valence-electron chi connectivity index (χ1n) is 6.81. The van der Waals surface area contributed by atoms with Gasteiger partial charge in [-0.05, 0) is 31.9 Å². The standard InChI is InChI=1S/C14H18Cl3N3O/c1-8-4-9(18)2-3-20(8)7-14(21)19-13-6-11(16)10(15)5-12(13)17/h5-6,8-9H,2-4,7,18H2,1H3,(H,19,21). The molecule has 0 aromatic heterocycles. The van der Waals surface area contributed by atoms with Gasteiger partial charge < -0.3 is 11.1 Å². The number of hydrogen-bond donors (Lipinski definition) is 2. The number of carbonyl (C=O) groups is 1. The van der Waals surface area contributed by atoms with Crippen LogP contribution in [-0.2, 0) is 4.79 Å². The molecule has 1 amide bonds. The fourth-order valence-corrected chi connectivity index (χ4v) is 3.08. The van der Waals surface area contributed by atoms with E-state index in [1.807, 2.05) is 0 Å². The molecule has 116 valence electrons. The molecule has 1 aliphatic rings. The number of amides is 1. The minimum atomic E-state index is -0.127. The van der Waals surface area contributed by atoms with Gasteiger partial charge in [-0.3, -0.25) is 9.69 Å². The number of nitrogens with one attached hydrogen (secondary N) is 1. The normalized spacial score (nSPS) is 23.1. The summed E-state index contributed by atoms with van der Waals surface area (Å²) in [4.78, 5) is 14.3. The van der Waals surface area contributed by atoms with E-state index in [-0.39, 0.29) is 11.9 Å². The third-order valence-corrected chi connectivity index (χ3v) is 4.72. The van der Waals surface area contributed by atoms with Gasteiger partial charge in [0.2, 0.25) is 5.91 Å². The van der Waals surface area contributed by atoms with Crippen molar-refractivity contribution in [1.29, 1.82) is 0 Å². The Morgan fingerprint density at radius 2 is 2.00 bits per heavy atom. The lowest BCUT2D eigenvalue weighted by Gasteiger charge is -2.35. The van der Waals surface area contributed by atoms with Crippen LogP contribution in [0.25, 0.3) is 0 Å². The molecule has 1 aliphatic heterocycles. The molecule has 2 atom stereocenters. The predicted octanol–water partition coefficient (Wildman–Crippen LogP) is 3.40. The zero-order valence-electron chi connectivity index (χ0n) is 11.7. The van der Waals surface area contributed by atoms with Gasteiger partial charge in [0, 0.05) is 18.6 Å². The van der Waals surface area contributed by atoms with Crippen LogP contribution in [-0.4, -0.2) is 36.0 Å². The lowest BCUT2D eigenvalue weighted by molar-refractivity contribution is -0.118. The van der Waals surface area contributed by atoms with Crippen molar-refractivity contribution in [2.75, 3.05) is 18.4 Å². The average molecular weight is 351 g/mol. The van der Waals surface area contributed by atoms with Crippen LogP contribution in [0.3, 0.4) is 0 Å². The zero-order valence-corrected chi connectivity index (χ0v) is 14.0. The third-order valence-electron chi connectivity index (χ3n) is 3.69. The molecular weight excluding hydrogens is 333 g/mol. The Morgan fingerprint density at radius 1 is 1.33 bits per heavy atom. The molecule has 4 nitrogen and oxygen atoms in total. The molecule has 1 heterocycles. The molecule has 1 aromatic rings. The van der Waals surface area contributed by atoms with E-state index in [4.69, 9.17) is 40.5 Å². The van der Waals surface area contributed by atoms with Gasteiger partial charge in [-0.25, -0.2) is 0 Å². The second-order valence-corrected chi connectivity index (χ2v) is 6.62. The van der Waals surface area contributed by atoms with Gasteiger partial charge in [-0.15, -0.1) is 0 Å². The minimum Gasteiger partial charge on any atom is -0.328 e. The molecule has 1 fully saturated rings. The number of nitrogens with zero attached hydrogens (tertiary/aromatic N) is 1. The summed E-state index contributed by atoms with van der Waals surface area (Å²) < 4.78 is 0. The molecule has 0 spiro atoms. The maximum absolute atomic E-state index is 12.1. The van der Waals surface area contributed by atoms with Crippen LogP contribution >= 0.6 is 34.8 Å². The number of rotatable bonds is 3. The highest BCUT2D eigenvalue weighted by atomic mass is 35.5. The van der Waals surface area contributed by atoms with E-state index in [0.717, 1.165) is 19.4 Å². The van der Waals surface area contributed by atoms with Gasteiger partial charge in [0.25, 0.3) is 0 Å². The fraction of sp³-hybridized carbons (Fsp3) is 0.500. The summed E-state index contributed by atoms with van der Waals surface area (Å²) in [5, 5.41) is 3.85. The maximum Gasteiger partial charge on any atom is 0.238 e. The van der Waals surface area contributed by atoms with Crippen molar-refractivity contribution in [3.05, 3.63) is 27.2 Å². The van der Waals surface area contributed by atoms with Crippen molar-refractivity contribution < 1.29 is 4.79 Å². The molecule has 0 saturated carbocycles. The Balaban J connectivity index is 1.97. The van der Waals surface area contributed by atoms with E-state index in [9.17, 15) is 4.79 Å². The van der Waals surface area contributed by atoms with Gasteiger partial charge >= 0.3 is 0 Å². The van der Waals surface area contributed by atoms with Gasteiger partial charge in [-0.1, -0.05) is 34.8 Å². The monoisotopic (exact) mass is 349 g/mol. The Kier molecular flexibility index (Phi) is 5.74. The van der Waals surface area contributed by atoms with Crippen LogP contribution in [0.4, 0.5) is 5.69 Å². The van der Waals surface area contributed by atoms with E-state index in [1.54, 1.807) is 6.07 Å². The van der Waals surface area contributed by atoms with Crippen LogP contribution in [0.2, 0.25) is 15.1 Å². The summed E-state index contributed by atoms with van der Waals surface area (Å²) >= 11 is 17.8. The highest BCUT2D eigenvalue weighted by Crippen LogP contribution is 2.32. The third kappa shape index (κ3) is 4.47. The Bertz CT molecular complexity index is 538. The number of hydrogen-bond acceptors (Lipinski definition) is 3. The van der Waals surface area contributed by atoms with Crippen LogP contribution in [0.5, 0.6) is 0 Å². The van der Waals surface area contributed by atoms with Crippen LogP contribution in [0, 0.1) is 0 Å². The van der Waals surface area contributed by atoms with E-state index in [0.29, 0.717) is 33.3 Å². The van der Waals surface area contributed by atoms with Crippen molar-refractivity contribution in [3.63, 3.8) is 0 Å². The second kappa shape index (κ2) is 7.16. The predicted molar refractivity (Wildman–Crippen MR) is 88.3 cm³/mol. The molecule has 1 saturated heterocycles. The number of likely N-dealkylation sites (tertiary alicyclic amines) is 1. The molecule has 1 aromatic carbocycles. The van der Waals surface area contributed by atoms with Crippen molar-refractivity contribution in [2.45, 2.75) is 31.8 Å². The van der Waals surface area contributed by atoms with Crippen molar-refractivity contribution in [2.24, 2.45) is 5.73 Å². The summed E-state index contributed by atoms with van der Waals surface area (Å²) in [6.45, 7) is 3.22. The molecule has 3 N–H and O–H groups in total. The summed E-state index contributed by atoms with van der Waals surface area (Å²) in [7, 11) is 0. The van der Waals surface area contributed by atoms with Crippen molar-refractivity contribution in [1.82, 2.24) is 4.90 Å². The minimum absolute atomic E-state index is 0.127. The SMILES string of the molecule is CC1CC(N)CCN1CC(=O)Nc1cc(Cl)c(Cl)cc1Cl. The smallest absolute Gasteiger partial charge is 0.238 e. The summed E-state index contributed by atoms with van der Waals surface area (Å²) in [5.74, 6) is -0.127. The van der Waals surface area contributed by atoms with Gasteiger partial charge in [0.1, 0.15) is 0 Å². The molecule has 2 unspecified atom stereocenters. The van der Waals surface area contributed by atoms with E-state index in [2.05, 4.69) is 17.1 Å². The van der Waals surface area contributed by atoms with Gasteiger partial charge in [0.05, 0.1) is 27.3 Å². The summed E-state index contributed by atoms with van der Waals surface area (Å²) in [5.41, 5.74) is 6.39.